The van der Waals surface area contributed by atoms with E-state index in [1.807, 2.05) is 30.5 Å². The Balaban J connectivity index is 1.24. The largest absolute Gasteiger partial charge is 0.357 e. The van der Waals surface area contributed by atoms with E-state index >= 15 is 0 Å². The first-order valence-corrected chi connectivity index (χ1v) is 11.2. The van der Waals surface area contributed by atoms with Crippen molar-refractivity contribution in [1.82, 2.24) is 15.6 Å². The van der Waals surface area contributed by atoms with Gasteiger partial charge in [0.25, 0.3) is 5.91 Å². The van der Waals surface area contributed by atoms with E-state index in [-0.39, 0.29) is 11.8 Å². The van der Waals surface area contributed by atoms with Crippen molar-refractivity contribution in [3.63, 3.8) is 0 Å². The van der Waals surface area contributed by atoms with Crippen LogP contribution in [0, 0.1) is 0 Å². The fraction of sp³-hybridized carbons (Fsp3) is 0.400. The fourth-order valence-corrected chi connectivity index (χ4v) is 3.67. The Kier molecular flexibility index (Phi) is 6.97. The van der Waals surface area contributed by atoms with Crippen LogP contribution in [0.4, 0.5) is 5.82 Å². The van der Waals surface area contributed by atoms with Gasteiger partial charge in [-0.15, -0.1) is 0 Å². The maximum Gasteiger partial charge on any atom is 0.251 e. The smallest absolute Gasteiger partial charge is 0.251 e. The van der Waals surface area contributed by atoms with Crippen LogP contribution >= 0.6 is 0 Å². The predicted molar refractivity (Wildman–Crippen MR) is 123 cm³/mol. The molecule has 0 bridgehead atoms. The molecule has 2 amide bonds. The van der Waals surface area contributed by atoms with Gasteiger partial charge in [-0.1, -0.05) is 31.0 Å². The van der Waals surface area contributed by atoms with Gasteiger partial charge in [0.2, 0.25) is 5.91 Å². The second kappa shape index (κ2) is 10.2. The van der Waals surface area contributed by atoms with Gasteiger partial charge in [0.1, 0.15) is 5.82 Å². The van der Waals surface area contributed by atoms with Crippen LogP contribution < -0.4 is 15.5 Å². The number of carbonyl (C=O) groups is 2. The van der Waals surface area contributed by atoms with Crippen molar-refractivity contribution in [1.29, 1.82) is 0 Å². The van der Waals surface area contributed by atoms with Crippen LogP contribution in [0.1, 0.15) is 60.0 Å². The Bertz CT molecular complexity index is 910. The van der Waals surface area contributed by atoms with E-state index in [0.29, 0.717) is 18.2 Å². The Hall–Kier alpha value is -3.15. The topological polar surface area (TPSA) is 74.3 Å². The molecule has 2 aliphatic rings. The normalized spacial score (nSPS) is 16.7. The molecule has 1 aliphatic heterocycles. The lowest BCUT2D eigenvalue weighted by molar-refractivity contribution is -0.116. The summed E-state index contributed by atoms with van der Waals surface area (Å²) in [6.45, 7) is 2.58. The molecule has 31 heavy (non-hydrogen) atoms. The Morgan fingerprint density at radius 1 is 1.00 bits per heavy atom. The van der Waals surface area contributed by atoms with Crippen LogP contribution in [-0.2, 0) is 11.3 Å². The number of benzene rings is 1. The van der Waals surface area contributed by atoms with Crippen molar-refractivity contribution in [3.05, 3.63) is 65.4 Å². The third-order valence-electron chi connectivity index (χ3n) is 5.72. The SMILES string of the molecule is O=C(/C=C/c1ccc(C(=O)NC2CC2)cc1)NCc1ccc(N2CCCCCC2)nc1. The molecule has 4 rings (SSSR count). The summed E-state index contributed by atoms with van der Waals surface area (Å²) in [5, 5.41) is 5.86. The molecule has 2 heterocycles. The van der Waals surface area contributed by atoms with Gasteiger partial charge in [0.15, 0.2) is 0 Å². The number of nitrogens with one attached hydrogen (secondary N) is 2. The van der Waals surface area contributed by atoms with Gasteiger partial charge < -0.3 is 15.5 Å². The minimum Gasteiger partial charge on any atom is -0.357 e. The number of aromatic nitrogens is 1. The molecule has 0 unspecified atom stereocenters. The van der Waals surface area contributed by atoms with Gasteiger partial charge in [0.05, 0.1) is 0 Å². The first kappa shape index (κ1) is 21.1. The lowest BCUT2D eigenvalue weighted by Crippen LogP contribution is -2.25. The second-order valence-electron chi connectivity index (χ2n) is 8.35. The first-order valence-electron chi connectivity index (χ1n) is 11.2. The standard InChI is InChI=1S/C25H30N4O2/c30-24(14-8-19-5-9-21(10-6-19)25(31)28-22-11-12-22)27-18-20-7-13-23(26-17-20)29-15-3-1-2-4-16-29/h5-10,13-14,17,22H,1-4,11-12,15-16,18H2,(H,27,30)(H,28,31)/b14-8+. The van der Waals surface area contributed by atoms with Gasteiger partial charge in [-0.3, -0.25) is 9.59 Å². The third-order valence-corrected chi connectivity index (χ3v) is 5.72. The first-order chi connectivity index (χ1) is 15.2. The van der Waals surface area contributed by atoms with E-state index in [9.17, 15) is 9.59 Å². The summed E-state index contributed by atoms with van der Waals surface area (Å²) in [7, 11) is 0. The molecule has 6 heteroatoms. The molecule has 2 aromatic rings. The van der Waals surface area contributed by atoms with Crippen molar-refractivity contribution < 1.29 is 9.59 Å². The molecule has 1 aromatic carbocycles. The fourth-order valence-electron chi connectivity index (χ4n) is 3.67. The third kappa shape index (κ3) is 6.41. The number of anilines is 1. The number of pyridine rings is 1. The molecule has 1 saturated heterocycles. The maximum atomic E-state index is 12.2. The van der Waals surface area contributed by atoms with E-state index in [2.05, 4.69) is 20.5 Å². The second-order valence-corrected chi connectivity index (χ2v) is 8.35. The molecule has 2 N–H and O–H groups in total. The van der Waals surface area contributed by atoms with E-state index in [4.69, 9.17) is 0 Å². The summed E-state index contributed by atoms with van der Waals surface area (Å²) in [6.07, 6.45) is 12.3. The quantitative estimate of drug-likeness (QED) is 0.673. The average Bonchev–Trinajstić information content (AvgIpc) is 3.64. The molecular formula is C25H30N4O2. The highest BCUT2D eigenvalue weighted by atomic mass is 16.2. The molecule has 162 valence electrons. The zero-order valence-electron chi connectivity index (χ0n) is 17.8. The summed E-state index contributed by atoms with van der Waals surface area (Å²) in [5.41, 5.74) is 2.50. The predicted octanol–water partition coefficient (Wildman–Crippen LogP) is 3.68. The number of amides is 2. The summed E-state index contributed by atoms with van der Waals surface area (Å²) in [5.74, 6) is 0.824. The minimum atomic E-state index is -0.160. The van der Waals surface area contributed by atoms with Gasteiger partial charge in [-0.05, 0) is 61.1 Å². The lowest BCUT2D eigenvalue weighted by Gasteiger charge is -2.21. The monoisotopic (exact) mass is 418 g/mol. The van der Waals surface area contributed by atoms with Gasteiger partial charge in [0, 0.05) is 43.5 Å². The van der Waals surface area contributed by atoms with Crippen LogP contribution in [0.25, 0.3) is 6.08 Å². The van der Waals surface area contributed by atoms with Gasteiger partial charge >= 0.3 is 0 Å². The Labute approximate surface area is 183 Å². The van der Waals surface area contributed by atoms with Crippen LogP contribution in [-0.4, -0.2) is 35.9 Å². The number of nitrogens with zero attached hydrogens (tertiary/aromatic N) is 2. The average molecular weight is 419 g/mol. The molecule has 0 spiro atoms. The van der Waals surface area contributed by atoms with Crippen LogP contribution in [0.3, 0.4) is 0 Å². The summed E-state index contributed by atoms with van der Waals surface area (Å²) < 4.78 is 0. The van der Waals surface area contributed by atoms with Crippen molar-refractivity contribution in [2.75, 3.05) is 18.0 Å². The highest BCUT2D eigenvalue weighted by Gasteiger charge is 2.23. The number of carbonyl (C=O) groups excluding carboxylic acids is 2. The van der Waals surface area contributed by atoms with E-state index in [1.165, 1.54) is 31.8 Å². The van der Waals surface area contributed by atoms with E-state index in [0.717, 1.165) is 42.9 Å². The van der Waals surface area contributed by atoms with Crippen molar-refractivity contribution in [2.45, 2.75) is 51.1 Å². The molecule has 0 radical (unpaired) electrons. The highest BCUT2D eigenvalue weighted by Crippen LogP contribution is 2.19. The number of hydrogen-bond donors (Lipinski definition) is 2. The molecule has 0 atom stereocenters. The van der Waals surface area contributed by atoms with E-state index < -0.39 is 0 Å². The summed E-state index contributed by atoms with van der Waals surface area (Å²) in [4.78, 5) is 31.1. The van der Waals surface area contributed by atoms with Crippen LogP contribution in [0.2, 0.25) is 0 Å². The molecule has 1 aliphatic carbocycles. The highest BCUT2D eigenvalue weighted by molar-refractivity contribution is 5.95. The maximum absolute atomic E-state index is 12.2. The summed E-state index contributed by atoms with van der Waals surface area (Å²) >= 11 is 0. The Morgan fingerprint density at radius 3 is 2.39 bits per heavy atom. The summed E-state index contributed by atoms with van der Waals surface area (Å²) in [6, 6.07) is 11.7. The van der Waals surface area contributed by atoms with Crippen LogP contribution in [0.5, 0.6) is 0 Å². The number of hydrogen-bond acceptors (Lipinski definition) is 4. The lowest BCUT2D eigenvalue weighted by atomic mass is 10.1. The molecule has 6 nitrogen and oxygen atoms in total. The zero-order chi connectivity index (χ0) is 21.5. The van der Waals surface area contributed by atoms with Gasteiger partial charge in [-0.25, -0.2) is 4.98 Å². The van der Waals surface area contributed by atoms with Crippen molar-refractivity contribution >= 4 is 23.7 Å². The molecule has 1 saturated carbocycles. The van der Waals surface area contributed by atoms with E-state index in [1.54, 1.807) is 18.2 Å². The zero-order valence-corrected chi connectivity index (χ0v) is 17.8. The van der Waals surface area contributed by atoms with Crippen molar-refractivity contribution in [2.24, 2.45) is 0 Å². The minimum absolute atomic E-state index is 0.0359. The van der Waals surface area contributed by atoms with Crippen LogP contribution in [0.15, 0.2) is 48.7 Å². The molecule has 2 fully saturated rings. The molecular weight excluding hydrogens is 388 g/mol. The number of rotatable bonds is 7. The molecule has 1 aromatic heterocycles. The van der Waals surface area contributed by atoms with Gasteiger partial charge in [-0.2, -0.15) is 0 Å². The Morgan fingerprint density at radius 2 is 1.74 bits per heavy atom. The van der Waals surface area contributed by atoms with Crippen molar-refractivity contribution in [3.8, 4) is 0 Å².